The molecule has 17 heavy (non-hydrogen) atoms. The van der Waals surface area contributed by atoms with Gasteiger partial charge in [0.15, 0.2) is 0 Å². The van der Waals surface area contributed by atoms with Crippen molar-refractivity contribution >= 4 is 39.9 Å². The molecule has 1 aliphatic rings. The molecule has 1 amide bonds. The van der Waals surface area contributed by atoms with Crippen LogP contribution >= 0.6 is 28.3 Å². The molecule has 1 aliphatic heterocycles. The van der Waals surface area contributed by atoms with Crippen LogP contribution in [0, 0.1) is 5.82 Å². The molecule has 1 saturated heterocycles. The fourth-order valence-corrected chi connectivity index (χ4v) is 2.08. The minimum Gasteiger partial charge on any atom is -0.322 e. The van der Waals surface area contributed by atoms with Crippen LogP contribution in [0.5, 0.6) is 0 Å². The second-order valence-corrected chi connectivity index (χ2v) is 4.68. The first-order valence-electron chi connectivity index (χ1n) is 5.16. The fourth-order valence-electron chi connectivity index (χ4n) is 1.72. The number of rotatable bonds is 2. The van der Waals surface area contributed by atoms with Gasteiger partial charge >= 0.3 is 0 Å². The van der Waals surface area contributed by atoms with E-state index in [2.05, 4.69) is 26.6 Å². The Morgan fingerprint density at radius 2 is 2.29 bits per heavy atom. The Labute approximate surface area is 114 Å². The minimum atomic E-state index is -0.422. The van der Waals surface area contributed by atoms with Crippen molar-refractivity contribution in [2.45, 2.75) is 18.9 Å². The van der Waals surface area contributed by atoms with E-state index >= 15 is 0 Å². The standard InChI is InChI=1S/C11H12BrFN2O.ClH/c12-7-3-4-8(13)10(6-7)15-11(16)9-2-1-5-14-9;/h3-4,6,9,14H,1-2,5H2,(H,15,16);1H/t9-;/m0./s1. The van der Waals surface area contributed by atoms with Crippen LogP contribution in [0.2, 0.25) is 0 Å². The third-order valence-corrected chi connectivity index (χ3v) is 3.06. The van der Waals surface area contributed by atoms with Gasteiger partial charge in [0, 0.05) is 4.47 Å². The molecule has 6 heteroatoms. The Hall–Kier alpha value is -0.650. The molecular weight excluding hydrogens is 310 g/mol. The summed E-state index contributed by atoms with van der Waals surface area (Å²) in [6.45, 7) is 0.846. The molecule has 0 aromatic heterocycles. The number of nitrogens with one attached hydrogen (secondary N) is 2. The van der Waals surface area contributed by atoms with Gasteiger partial charge in [-0.3, -0.25) is 4.79 Å². The molecule has 94 valence electrons. The van der Waals surface area contributed by atoms with Gasteiger partial charge < -0.3 is 10.6 Å². The van der Waals surface area contributed by atoms with Gasteiger partial charge in [-0.2, -0.15) is 0 Å². The third-order valence-electron chi connectivity index (χ3n) is 2.56. The maximum atomic E-state index is 13.4. The zero-order valence-electron chi connectivity index (χ0n) is 9.00. The second-order valence-electron chi connectivity index (χ2n) is 3.76. The van der Waals surface area contributed by atoms with Gasteiger partial charge in [-0.05, 0) is 37.6 Å². The Morgan fingerprint density at radius 1 is 1.53 bits per heavy atom. The van der Waals surface area contributed by atoms with Gasteiger partial charge in [0.25, 0.3) is 0 Å². The molecule has 2 N–H and O–H groups in total. The predicted octanol–water partition coefficient (Wildman–Crippen LogP) is 2.70. The number of hydrogen-bond acceptors (Lipinski definition) is 2. The highest BCUT2D eigenvalue weighted by Crippen LogP contribution is 2.20. The molecule has 1 fully saturated rings. The molecular formula is C11H13BrClFN2O. The summed E-state index contributed by atoms with van der Waals surface area (Å²) in [7, 11) is 0. The van der Waals surface area contributed by atoms with Gasteiger partial charge in [0.05, 0.1) is 11.7 Å². The number of hydrogen-bond donors (Lipinski definition) is 2. The van der Waals surface area contributed by atoms with Gasteiger partial charge in [0.2, 0.25) is 5.91 Å². The first kappa shape index (κ1) is 14.4. The lowest BCUT2D eigenvalue weighted by Gasteiger charge is -2.11. The Kier molecular flexibility index (Phi) is 5.36. The molecule has 3 nitrogen and oxygen atoms in total. The number of carbonyl (C=O) groups is 1. The van der Waals surface area contributed by atoms with Crippen LogP contribution < -0.4 is 10.6 Å². The van der Waals surface area contributed by atoms with Crippen molar-refractivity contribution in [3.63, 3.8) is 0 Å². The van der Waals surface area contributed by atoms with E-state index in [0.717, 1.165) is 23.9 Å². The zero-order chi connectivity index (χ0) is 11.5. The van der Waals surface area contributed by atoms with Gasteiger partial charge in [-0.1, -0.05) is 15.9 Å². The maximum Gasteiger partial charge on any atom is 0.241 e. The third kappa shape index (κ3) is 3.66. The summed E-state index contributed by atoms with van der Waals surface area (Å²) in [6, 6.07) is 4.28. The largest absolute Gasteiger partial charge is 0.322 e. The average molecular weight is 324 g/mol. The van der Waals surface area contributed by atoms with E-state index in [0.29, 0.717) is 0 Å². The lowest BCUT2D eigenvalue weighted by molar-refractivity contribution is -0.117. The predicted molar refractivity (Wildman–Crippen MR) is 71.0 cm³/mol. The Balaban J connectivity index is 0.00000144. The molecule has 0 bridgehead atoms. The summed E-state index contributed by atoms with van der Waals surface area (Å²) in [5.74, 6) is -0.593. The second kappa shape index (κ2) is 6.33. The van der Waals surface area contributed by atoms with E-state index in [1.807, 2.05) is 0 Å². The van der Waals surface area contributed by atoms with Crippen molar-refractivity contribution in [2.75, 3.05) is 11.9 Å². The topological polar surface area (TPSA) is 41.1 Å². The van der Waals surface area contributed by atoms with Crippen molar-refractivity contribution < 1.29 is 9.18 Å². The lowest BCUT2D eigenvalue weighted by atomic mass is 10.2. The summed E-state index contributed by atoms with van der Waals surface area (Å²) in [5.41, 5.74) is 0.216. The van der Waals surface area contributed by atoms with Crippen molar-refractivity contribution in [1.82, 2.24) is 5.32 Å². The van der Waals surface area contributed by atoms with Crippen LogP contribution in [-0.2, 0) is 4.79 Å². The van der Waals surface area contributed by atoms with E-state index in [1.54, 1.807) is 12.1 Å². The van der Waals surface area contributed by atoms with Gasteiger partial charge in [-0.15, -0.1) is 12.4 Å². The summed E-state index contributed by atoms with van der Waals surface area (Å²) in [5, 5.41) is 5.65. The number of benzene rings is 1. The van der Waals surface area contributed by atoms with Crippen molar-refractivity contribution in [3.8, 4) is 0 Å². The Bertz CT molecular complexity index is 410. The van der Waals surface area contributed by atoms with Crippen LogP contribution in [0.15, 0.2) is 22.7 Å². The van der Waals surface area contributed by atoms with Crippen LogP contribution in [-0.4, -0.2) is 18.5 Å². The van der Waals surface area contributed by atoms with E-state index in [1.165, 1.54) is 6.07 Å². The molecule has 0 radical (unpaired) electrons. The average Bonchev–Trinajstić information content (AvgIpc) is 2.76. The molecule has 0 aliphatic carbocycles. The molecule has 1 heterocycles. The van der Waals surface area contributed by atoms with Crippen LogP contribution in [0.1, 0.15) is 12.8 Å². The molecule has 1 aromatic carbocycles. The number of halogens is 3. The van der Waals surface area contributed by atoms with E-state index in [4.69, 9.17) is 0 Å². The van der Waals surface area contributed by atoms with E-state index < -0.39 is 5.82 Å². The highest BCUT2D eigenvalue weighted by atomic mass is 79.9. The summed E-state index contributed by atoms with van der Waals surface area (Å²) < 4.78 is 14.1. The van der Waals surface area contributed by atoms with Gasteiger partial charge in [0.1, 0.15) is 5.82 Å². The quantitative estimate of drug-likeness (QED) is 0.878. The molecule has 0 unspecified atom stereocenters. The van der Waals surface area contributed by atoms with E-state index in [-0.39, 0.29) is 30.0 Å². The number of carbonyl (C=O) groups excluding carboxylic acids is 1. The zero-order valence-corrected chi connectivity index (χ0v) is 11.4. The molecule has 0 spiro atoms. The summed E-state index contributed by atoms with van der Waals surface area (Å²) in [4.78, 5) is 11.7. The van der Waals surface area contributed by atoms with Crippen LogP contribution in [0.25, 0.3) is 0 Å². The molecule has 1 aromatic rings. The van der Waals surface area contributed by atoms with Crippen molar-refractivity contribution in [3.05, 3.63) is 28.5 Å². The maximum absolute atomic E-state index is 13.4. The van der Waals surface area contributed by atoms with E-state index in [9.17, 15) is 9.18 Å². The van der Waals surface area contributed by atoms with Crippen LogP contribution in [0.3, 0.4) is 0 Å². The lowest BCUT2D eigenvalue weighted by Crippen LogP contribution is -2.35. The summed E-state index contributed by atoms with van der Waals surface area (Å²) >= 11 is 3.24. The first-order chi connectivity index (χ1) is 7.66. The molecule has 1 atom stereocenters. The smallest absolute Gasteiger partial charge is 0.241 e. The highest BCUT2D eigenvalue weighted by molar-refractivity contribution is 9.10. The minimum absolute atomic E-state index is 0. The van der Waals surface area contributed by atoms with Crippen molar-refractivity contribution in [1.29, 1.82) is 0 Å². The molecule has 2 rings (SSSR count). The SMILES string of the molecule is Cl.O=C(Nc1cc(Br)ccc1F)[C@@H]1CCCN1. The highest BCUT2D eigenvalue weighted by Gasteiger charge is 2.22. The molecule has 0 saturated carbocycles. The number of amides is 1. The first-order valence-corrected chi connectivity index (χ1v) is 5.95. The Morgan fingerprint density at radius 3 is 2.94 bits per heavy atom. The van der Waals surface area contributed by atoms with Crippen LogP contribution in [0.4, 0.5) is 10.1 Å². The number of anilines is 1. The van der Waals surface area contributed by atoms with Crippen molar-refractivity contribution in [2.24, 2.45) is 0 Å². The monoisotopic (exact) mass is 322 g/mol. The fraction of sp³-hybridized carbons (Fsp3) is 0.364. The summed E-state index contributed by atoms with van der Waals surface area (Å²) in [6.07, 6.45) is 1.79. The normalized spacial score (nSPS) is 18.6. The van der Waals surface area contributed by atoms with Gasteiger partial charge in [-0.25, -0.2) is 4.39 Å².